The van der Waals surface area contributed by atoms with Gasteiger partial charge in [0, 0.05) is 5.56 Å². The molecule has 1 unspecified atom stereocenters. The van der Waals surface area contributed by atoms with Crippen molar-refractivity contribution in [1.82, 2.24) is 4.90 Å². The summed E-state index contributed by atoms with van der Waals surface area (Å²) in [6.07, 6.45) is 2.82. The third kappa shape index (κ3) is 4.26. The second-order valence-electron chi connectivity index (χ2n) is 6.51. The van der Waals surface area contributed by atoms with E-state index in [4.69, 9.17) is 4.74 Å². The highest BCUT2D eigenvalue weighted by Gasteiger charge is 2.33. The monoisotopic (exact) mass is 341 g/mol. The molecule has 0 spiro atoms. The number of halogens is 1. The molecule has 0 radical (unpaired) electrons. The Balaban J connectivity index is 1.83. The number of benzene rings is 2. The van der Waals surface area contributed by atoms with Crippen molar-refractivity contribution in [2.24, 2.45) is 0 Å². The molecule has 3 rings (SSSR count). The first-order chi connectivity index (χ1) is 12.2. The van der Waals surface area contributed by atoms with E-state index in [0.717, 1.165) is 37.9 Å². The molecule has 1 heterocycles. The van der Waals surface area contributed by atoms with E-state index in [9.17, 15) is 9.18 Å². The van der Waals surface area contributed by atoms with Gasteiger partial charge in [0.25, 0.3) is 0 Å². The summed E-state index contributed by atoms with van der Waals surface area (Å²) >= 11 is 0. The van der Waals surface area contributed by atoms with Crippen molar-refractivity contribution in [2.45, 2.75) is 38.3 Å². The van der Waals surface area contributed by atoms with Crippen molar-refractivity contribution >= 4 is 5.97 Å². The number of carbonyl (C=O) groups excluding carboxylic acids is 1. The number of rotatable bonds is 5. The Hall–Kier alpha value is -2.20. The van der Waals surface area contributed by atoms with Gasteiger partial charge in [0.05, 0.1) is 0 Å². The zero-order chi connectivity index (χ0) is 17.6. The molecule has 0 amide bonds. The Labute approximate surface area is 148 Å². The fourth-order valence-corrected chi connectivity index (χ4v) is 3.38. The number of piperidine rings is 1. The minimum atomic E-state index is -0.687. The summed E-state index contributed by atoms with van der Waals surface area (Å²) in [4.78, 5) is 15.0. The van der Waals surface area contributed by atoms with Crippen LogP contribution in [0.25, 0.3) is 0 Å². The van der Waals surface area contributed by atoms with Gasteiger partial charge in [0.15, 0.2) is 0 Å². The van der Waals surface area contributed by atoms with E-state index in [1.165, 1.54) is 6.07 Å². The lowest BCUT2D eigenvalue weighted by Gasteiger charge is -2.34. The predicted molar refractivity (Wildman–Crippen MR) is 95.5 cm³/mol. The minimum absolute atomic E-state index is 0.359. The molecule has 4 heteroatoms. The Bertz CT molecular complexity index is 698. The molecule has 25 heavy (non-hydrogen) atoms. The molecule has 2 atom stereocenters. The average molecular weight is 341 g/mol. The van der Waals surface area contributed by atoms with Gasteiger partial charge in [-0.1, -0.05) is 55.0 Å². The summed E-state index contributed by atoms with van der Waals surface area (Å²) in [5.41, 5.74) is 1.33. The van der Waals surface area contributed by atoms with E-state index >= 15 is 0 Å². The van der Waals surface area contributed by atoms with Gasteiger partial charge in [-0.05, 0) is 44.5 Å². The molecule has 2 aromatic rings. The highest BCUT2D eigenvalue weighted by Crippen LogP contribution is 2.30. The first kappa shape index (κ1) is 17.6. The Morgan fingerprint density at radius 1 is 1.00 bits per heavy atom. The number of nitrogens with zero attached hydrogens (tertiary/aromatic N) is 1. The molecule has 3 nitrogen and oxygen atoms in total. The van der Waals surface area contributed by atoms with Gasteiger partial charge in [-0.15, -0.1) is 0 Å². The quantitative estimate of drug-likeness (QED) is 0.741. The van der Waals surface area contributed by atoms with Gasteiger partial charge in [-0.3, -0.25) is 4.90 Å². The maximum atomic E-state index is 14.4. The molecular weight excluding hydrogens is 317 g/mol. The molecule has 132 valence electrons. The van der Waals surface area contributed by atoms with Crippen molar-refractivity contribution in [3.8, 4) is 0 Å². The van der Waals surface area contributed by atoms with Crippen LogP contribution < -0.4 is 0 Å². The average Bonchev–Trinajstić information content (AvgIpc) is 2.65. The molecule has 0 saturated carbocycles. The Morgan fingerprint density at radius 2 is 1.64 bits per heavy atom. The molecular formula is C21H24FNO2. The smallest absolute Gasteiger partial charge is 0.328 e. The summed E-state index contributed by atoms with van der Waals surface area (Å²) in [5, 5.41) is 0. The van der Waals surface area contributed by atoms with E-state index in [1.807, 2.05) is 42.2 Å². The van der Waals surface area contributed by atoms with Crippen LogP contribution in [0.15, 0.2) is 54.6 Å². The highest BCUT2D eigenvalue weighted by atomic mass is 19.1. The molecule has 1 fully saturated rings. The fraction of sp³-hybridized carbons (Fsp3) is 0.381. The maximum absolute atomic E-state index is 14.4. The molecule has 1 saturated heterocycles. The number of esters is 1. The Kier molecular flexibility index (Phi) is 5.82. The summed E-state index contributed by atoms with van der Waals surface area (Å²) in [5.74, 6) is -0.745. The van der Waals surface area contributed by atoms with Gasteiger partial charge in [-0.2, -0.15) is 0 Å². The molecule has 0 aliphatic carbocycles. The third-order valence-electron chi connectivity index (χ3n) is 4.74. The topological polar surface area (TPSA) is 29.5 Å². The van der Waals surface area contributed by atoms with Crippen molar-refractivity contribution in [3.63, 3.8) is 0 Å². The van der Waals surface area contributed by atoms with Gasteiger partial charge in [0.2, 0.25) is 0 Å². The molecule has 0 aromatic heterocycles. The summed E-state index contributed by atoms with van der Waals surface area (Å²) in [6, 6.07) is 15.4. The van der Waals surface area contributed by atoms with Crippen LogP contribution >= 0.6 is 0 Å². The zero-order valence-corrected chi connectivity index (χ0v) is 14.5. The van der Waals surface area contributed by atoms with Crippen LogP contribution in [0.1, 0.15) is 49.5 Å². The lowest BCUT2D eigenvalue weighted by Crippen LogP contribution is -2.39. The van der Waals surface area contributed by atoms with E-state index < -0.39 is 6.04 Å². The van der Waals surface area contributed by atoms with Crippen LogP contribution in [0.5, 0.6) is 0 Å². The number of likely N-dealkylation sites (tertiary alicyclic amines) is 1. The first-order valence-electron chi connectivity index (χ1n) is 8.90. The van der Waals surface area contributed by atoms with Crippen LogP contribution in [0.4, 0.5) is 4.39 Å². The van der Waals surface area contributed by atoms with Gasteiger partial charge in [-0.25, -0.2) is 9.18 Å². The zero-order valence-electron chi connectivity index (χ0n) is 14.5. The van der Waals surface area contributed by atoms with E-state index in [0.29, 0.717) is 5.56 Å². The number of hydrogen-bond acceptors (Lipinski definition) is 3. The van der Waals surface area contributed by atoms with Crippen LogP contribution in [-0.4, -0.2) is 24.0 Å². The molecule has 2 aromatic carbocycles. The summed E-state index contributed by atoms with van der Waals surface area (Å²) in [6.45, 7) is 3.42. The molecule has 0 bridgehead atoms. The lowest BCUT2D eigenvalue weighted by molar-refractivity contribution is -0.156. The third-order valence-corrected chi connectivity index (χ3v) is 4.74. The van der Waals surface area contributed by atoms with Crippen LogP contribution in [0.2, 0.25) is 0 Å². The number of carbonyl (C=O) groups is 1. The Morgan fingerprint density at radius 3 is 2.32 bits per heavy atom. The van der Waals surface area contributed by atoms with Crippen LogP contribution in [-0.2, 0) is 9.53 Å². The molecule has 0 N–H and O–H groups in total. The van der Waals surface area contributed by atoms with Crippen molar-refractivity contribution < 1.29 is 13.9 Å². The van der Waals surface area contributed by atoms with Gasteiger partial charge in [0.1, 0.15) is 18.0 Å². The van der Waals surface area contributed by atoms with Crippen molar-refractivity contribution in [1.29, 1.82) is 0 Å². The van der Waals surface area contributed by atoms with Crippen LogP contribution in [0, 0.1) is 5.82 Å². The standard InChI is InChI=1S/C21H24FNO2/c1-16(17-10-4-2-5-11-17)25-21(24)20(23-14-8-3-9-15-23)18-12-6-7-13-19(18)22/h2,4-7,10-13,16,20H,3,8-9,14-15H2,1H3/t16?,20-/m1/s1. The van der Waals surface area contributed by atoms with Gasteiger partial charge >= 0.3 is 5.97 Å². The van der Waals surface area contributed by atoms with E-state index in [2.05, 4.69) is 0 Å². The lowest BCUT2D eigenvalue weighted by atomic mass is 10.0. The fourth-order valence-electron chi connectivity index (χ4n) is 3.38. The SMILES string of the molecule is CC(OC(=O)[C@@H](c1ccccc1F)N1CCCCC1)c1ccccc1. The van der Waals surface area contributed by atoms with Crippen LogP contribution in [0.3, 0.4) is 0 Å². The predicted octanol–water partition coefficient (Wildman–Crippen LogP) is 4.66. The second-order valence-corrected chi connectivity index (χ2v) is 6.51. The minimum Gasteiger partial charge on any atom is -0.456 e. The number of ether oxygens (including phenoxy) is 1. The normalized spacial score (nSPS) is 17.7. The molecule has 1 aliphatic heterocycles. The summed E-state index contributed by atoms with van der Waals surface area (Å²) < 4.78 is 20.1. The first-order valence-corrected chi connectivity index (χ1v) is 8.90. The highest BCUT2D eigenvalue weighted by molar-refractivity contribution is 5.78. The van der Waals surface area contributed by atoms with Crippen molar-refractivity contribution in [2.75, 3.05) is 13.1 Å². The maximum Gasteiger partial charge on any atom is 0.328 e. The molecule has 1 aliphatic rings. The van der Waals surface area contributed by atoms with Crippen molar-refractivity contribution in [3.05, 3.63) is 71.5 Å². The second kappa shape index (κ2) is 8.26. The summed E-state index contributed by atoms with van der Waals surface area (Å²) in [7, 11) is 0. The van der Waals surface area contributed by atoms with E-state index in [-0.39, 0.29) is 17.9 Å². The largest absolute Gasteiger partial charge is 0.456 e. The van der Waals surface area contributed by atoms with Gasteiger partial charge < -0.3 is 4.74 Å². The van der Waals surface area contributed by atoms with E-state index in [1.54, 1.807) is 18.2 Å². The number of hydrogen-bond donors (Lipinski definition) is 0.